The first-order valence-corrected chi connectivity index (χ1v) is 6.66. The van der Waals surface area contributed by atoms with Gasteiger partial charge in [0.2, 0.25) is 0 Å². The monoisotopic (exact) mass is 278 g/mol. The number of carboxylic acids is 1. The van der Waals surface area contributed by atoms with Crippen LogP contribution in [0.15, 0.2) is 6.20 Å². The van der Waals surface area contributed by atoms with Crippen molar-refractivity contribution >= 4 is 17.7 Å². The molecule has 0 unspecified atom stereocenters. The third-order valence-electron chi connectivity index (χ3n) is 3.00. The summed E-state index contributed by atoms with van der Waals surface area (Å²) in [6.45, 7) is 2.14. The predicted octanol–water partition coefficient (Wildman–Crippen LogP) is 1.65. The van der Waals surface area contributed by atoms with Crippen LogP contribution in [0.1, 0.15) is 43.1 Å². The predicted molar refractivity (Wildman–Crippen MR) is 72.6 cm³/mol. The average molecular weight is 278 g/mol. The van der Waals surface area contributed by atoms with Crippen molar-refractivity contribution in [2.75, 3.05) is 11.9 Å². The molecule has 2 amide bonds. The Kier molecular flexibility index (Phi) is 4.49. The van der Waals surface area contributed by atoms with Gasteiger partial charge in [0.25, 0.3) is 0 Å². The number of nitrogens with one attached hydrogen (secondary N) is 2. The van der Waals surface area contributed by atoms with Gasteiger partial charge in [0.1, 0.15) is 5.82 Å². The lowest BCUT2D eigenvalue weighted by Crippen LogP contribution is -2.30. The summed E-state index contributed by atoms with van der Waals surface area (Å²) >= 11 is 0. The van der Waals surface area contributed by atoms with Gasteiger partial charge in [-0.15, -0.1) is 0 Å². The number of carboxylic acid groups (broad SMARTS) is 1. The molecule has 3 N–H and O–H groups in total. The highest BCUT2D eigenvalue weighted by Gasteiger charge is 2.28. The zero-order chi connectivity index (χ0) is 14.5. The summed E-state index contributed by atoms with van der Waals surface area (Å²) in [6, 6.07) is -0.357. The Balaban J connectivity index is 1.86. The van der Waals surface area contributed by atoms with E-state index in [1.54, 1.807) is 6.20 Å². The van der Waals surface area contributed by atoms with Gasteiger partial charge in [0.15, 0.2) is 0 Å². The average Bonchev–Trinajstić information content (AvgIpc) is 3.21. The Hall–Kier alpha value is -2.18. The van der Waals surface area contributed by atoms with E-state index in [-0.39, 0.29) is 12.5 Å². The number of rotatable bonds is 6. The Morgan fingerprint density at radius 2 is 2.20 bits per heavy atom. The molecule has 1 aromatic rings. The number of aromatic nitrogens is 2. The molecule has 7 heteroatoms. The van der Waals surface area contributed by atoms with Gasteiger partial charge in [0.05, 0.1) is 17.6 Å². The zero-order valence-electron chi connectivity index (χ0n) is 11.3. The van der Waals surface area contributed by atoms with Gasteiger partial charge in [-0.2, -0.15) is 0 Å². The lowest BCUT2D eigenvalue weighted by molar-refractivity contribution is -0.137. The summed E-state index contributed by atoms with van der Waals surface area (Å²) in [4.78, 5) is 30.5. The van der Waals surface area contributed by atoms with E-state index in [0.29, 0.717) is 30.4 Å². The number of carbonyl (C=O) groups excluding carboxylic acids is 1. The van der Waals surface area contributed by atoms with Crippen LogP contribution >= 0.6 is 0 Å². The number of carbonyl (C=O) groups is 2. The number of hydrogen-bond acceptors (Lipinski definition) is 4. The molecule has 20 heavy (non-hydrogen) atoms. The van der Waals surface area contributed by atoms with Gasteiger partial charge >= 0.3 is 12.0 Å². The minimum absolute atomic E-state index is 0.0429. The molecular weight excluding hydrogens is 260 g/mol. The summed E-state index contributed by atoms with van der Waals surface area (Å²) in [7, 11) is 0. The van der Waals surface area contributed by atoms with Crippen molar-refractivity contribution in [1.29, 1.82) is 0 Å². The SMILES string of the molecule is Cc1ncc(NC(=O)NCCCC(=O)O)c(C2CC2)n1. The molecule has 1 saturated carbocycles. The second-order valence-corrected chi connectivity index (χ2v) is 4.87. The minimum Gasteiger partial charge on any atom is -0.481 e. The van der Waals surface area contributed by atoms with Crippen LogP contribution in [0.25, 0.3) is 0 Å². The van der Waals surface area contributed by atoms with Crippen molar-refractivity contribution in [3.8, 4) is 0 Å². The van der Waals surface area contributed by atoms with E-state index in [1.165, 1.54) is 0 Å². The first kappa shape index (κ1) is 14.2. The van der Waals surface area contributed by atoms with E-state index in [4.69, 9.17) is 5.11 Å². The molecule has 1 aromatic heterocycles. The highest BCUT2D eigenvalue weighted by atomic mass is 16.4. The molecule has 2 rings (SSSR count). The van der Waals surface area contributed by atoms with Crippen LogP contribution in [-0.2, 0) is 4.79 Å². The second kappa shape index (κ2) is 6.31. The number of aryl methyl sites for hydroxylation is 1. The van der Waals surface area contributed by atoms with Crippen LogP contribution in [0.2, 0.25) is 0 Å². The van der Waals surface area contributed by atoms with Crippen molar-refractivity contribution in [1.82, 2.24) is 15.3 Å². The maximum Gasteiger partial charge on any atom is 0.319 e. The van der Waals surface area contributed by atoms with Crippen LogP contribution in [0.5, 0.6) is 0 Å². The second-order valence-electron chi connectivity index (χ2n) is 4.87. The molecule has 0 saturated heterocycles. The molecule has 0 radical (unpaired) electrons. The fourth-order valence-electron chi connectivity index (χ4n) is 1.86. The number of nitrogens with zero attached hydrogens (tertiary/aromatic N) is 2. The van der Waals surface area contributed by atoms with E-state index in [2.05, 4.69) is 20.6 Å². The molecule has 0 aliphatic heterocycles. The van der Waals surface area contributed by atoms with E-state index >= 15 is 0 Å². The number of hydrogen-bond donors (Lipinski definition) is 3. The van der Waals surface area contributed by atoms with Crippen molar-refractivity contribution in [2.45, 2.75) is 38.5 Å². The first-order chi connectivity index (χ1) is 9.56. The quantitative estimate of drug-likeness (QED) is 0.686. The van der Waals surface area contributed by atoms with Gasteiger partial charge < -0.3 is 15.7 Å². The summed E-state index contributed by atoms with van der Waals surface area (Å²) in [5.41, 5.74) is 1.52. The first-order valence-electron chi connectivity index (χ1n) is 6.66. The van der Waals surface area contributed by atoms with Gasteiger partial charge in [0, 0.05) is 18.9 Å². The summed E-state index contributed by atoms with van der Waals surface area (Å²) < 4.78 is 0. The molecule has 0 aromatic carbocycles. The van der Waals surface area contributed by atoms with Crippen molar-refractivity contribution < 1.29 is 14.7 Å². The van der Waals surface area contributed by atoms with Crippen LogP contribution in [0.4, 0.5) is 10.5 Å². The lowest BCUT2D eigenvalue weighted by atomic mass is 10.2. The minimum atomic E-state index is -0.866. The van der Waals surface area contributed by atoms with E-state index in [1.807, 2.05) is 6.92 Å². The van der Waals surface area contributed by atoms with E-state index in [9.17, 15) is 9.59 Å². The summed E-state index contributed by atoms with van der Waals surface area (Å²) in [5, 5.41) is 13.8. The maximum absolute atomic E-state index is 11.7. The Morgan fingerprint density at radius 3 is 2.85 bits per heavy atom. The summed E-state index contributed by atoms with van der Waals surface area (Å²) in [6.07, 6.45) is 4.24. The van der Waals surface area contributed by atoms with Crippen LogP contribution in [0, 0.1) is 6.92 Å². The fourth-order valence-corrected chi connectivity index (χ4v) is 1.86. The van der Waals surface area contributed by atoms with Gasteiger partial charge in [-0.3, -0.25) is 4.79 Å². The third kappa shape index (κ3) is 4.18. The summed E-state index contributed by atoms with van der Waals surface area (Å²) in [5.74, 6) is 0.244. The highest BCUT2D eigenvalue weighted by molar-refractivity contribution is 5.89. The topological polar surface area (TPSA) is 104 Å². The number of amides is 2. The maximum atomic E-state index is 11.7. The van der Waals surface area contributed by atoms with Crippen molar-refractivity contribution in [2.24, 2.45) is 0 Å². The Bertz CT molecular complexity index is 514. The fraction of sp³-hybridized carbons (Fsp3) is 0.538. The van der Waals surface area contributed by atoms with Crippen LogP contribution in [-0.4, -0.2) is 33.6 Å². The Labute approximate surface area is 116 Å². The highest BCUT2D eigenvalue weighted by Crippen LogP contribution is 2.42. The molecule has 0 bridgehead atoms. The lowest BCUT2D eigenvalue weighted by Gasteiger charge is -2.10. The molecular formula is C13H18N4O3. The third-order valence-corrected chi connectivity index (χ3v) is 3.00. The number of anilines is 1. The van der Waals surface area contributed by atoms with E-state index in [0.717, 1.165) is 18.5 Å². The number of urea groups is 1. The van der Waals surface area contributed by atoms with Crippen molar-refractivity contribution in [3.63, 3.8) is 0 Å². The Morgan fingerprint density at radius 1 is 1.45 bits per heavy atom. The largest absolute Gasteiger partial charge is 0.481 e. The van der Waals surface area contributed by atoms with Crippen LogP contribution < -0.4 is 10.6 Å². The molecule has 7 nitrogen and oxygen atoms in total. The van der Waals surface area contributed by atoms with Crippen LogP contribution in [0.3, 0.4) is 0 Å². The zero-order valence-corrected chi connectivity index (χ0v) is 11.3. The molecule has 0 spiro atoms. The molecule has 108 valence electrons. The van der Waals surface area contributed by atoms with Gasteiger partial charge in [-0.1, -0.05) is 0 Å². The normalized spacial score (nSPS) is 13.8. The standard InChI is InChI=1S/C13H18N4O3/c1-8-15-7-10(12(16-8)9-4-5-9)17-13(20)14-6-2-3-11(18)19/h7,9H,2-6H2,1H3,(H,18,19)(H2,14,17,20). The molecule has 0 atom stereocenters. The van der Waals surface area contributed by atoms with E-state index < -0.39 is 5.97 Å². The molecule has 1 heterocycles. The van der Waals surface area contributed by atoms with Crippen molar-refractivity contribution in [3.05, 3.63) is 17.7 Å². The molecule has 1 aliphatic carbocycles. The smallest absolute Gasteiger partial charge is 0.319 e. The number of aliphatic carboxylic acids is 1. The van der Waals surface area contributed by atoms with Gasteiger partial charge in [-0.05, 0) is 26.2 Å². The van der Waals surface area contributed by atoms with Gasteiger partial charge in [-0.25, -0.2) is 14.8 Å². The molecule has 1 aliphatic rings. The molecule has 1 fully saturated rings.